The molecule has 2 aromatic carbocycles. The Morgan fingerprint density at radius 1 is 1.07 bits per heavy atom. The quantitative estimate of drug-likeness (QED) is 0.664. The summed E-state index contributed by atoms with van der Waals surface area (Å²) < 4.78 is 0. The van der Waals surface area contributed by atoms with Crippen LogP contribution in [-0.2, 0) is 4.84 Å². The maximum atomic E-state index is 12.9. The second-order valence-corrected chi connectivity index (χ2v) is 7.72. The van der Waals surface area contributed by atoms with Gasteiger partial charge >= 0.3 is 0 Å². The van der Waals surface area contributed by atoms with Gasteiger partial charge in [-0.2, -0.15) is 0 Å². The molecule has 2 amide bonds. The second kappa shape index (κ2) is 8.63. The number of para-hydroxylation sites is 1. The highest BCUT2D eigenvalue weighted by molar-refractivity contribution is 6.39. The number of aliphatic imine (C=N–C) groups is 1. The Hall–Kier alpha value is -2.61. The third kappa shape index (κ3) is 3.76. The number of halogens is 2. The standard InChI is InChI=1S/C21H20Cl2N4O3/c1-2-6-17(27-19(28)13-7-3-4-8-14(13)20(27)29)30-26-12-11-24-21(26)25-18-15(22)9-5-10-16(18)23/h3-5,7-10,17H,2,6,11-12H2,1H3,(H,24,25). The zero-order chi connectivity index (χ0) is 21.3. The van der Waals surface area contributed by atoms with E-state index in [-0.39, 0.29) is 11.8 Å². The predicted molar refractivity (Wildman–Crippen MR) is 116 cm³/mol. The minimum absolute atomic E-state index is 0.353. The molecule has 2 aliphatic heterocycles. The molecule has 30 heavy (non-hydrogen) atoms. The van der Waals surface area contributed by atoms with E-state index in [2.05, 4.69) is 10.3 Å². The lowest BCUT2D eigenvalue weighted by atomic mass is 10.1. The average molecular weight is 447 g/mol. The number of guanidine groups is 1. The van der Waals surface area contributed by atoms with E-state index in [1.165, 1.54) is 4.90 Å². The smallest absolute Gasteiger partial charge is 0.263 e. The number of carbonyl (C=O) groups is 2. The zero-order valence-electron chi connectivity index (χ0n) is 16.3. The van der Waals surface area contributed by atoms with E-state index in [9.17, 15) is 9.59 Å². The van der Waals surface area contributed by atoms with Gasteiger partial charge in [0.05, 0.1) is 39.9 Å². The molecule has 2 aromatic rings. The average Bonchev–Trinajstić information content (AvgIpc) is 3.27. The number of amides is 2. The summed E-state index contributed by atoms with van der Waals surface area (Å²) in [6.45, 7) is 2.93. The molecule has 2 aliphatic rings. The van der Waals surface area contributed by atoms with Crippen LogP contribution in [0.3, 0.4) is 0 Å². The van der Waals surface area contributed by atoms with E-state index in [1.807, 2.05) is 6.92 Å². The molecule has 1 atom stereocenters. The fourth-order valence-electron chi connectivity index (χ4n) is 3.46. The van der Waals surface area contributed by atoms with E-state index < -0.39 is 6.23 Å². The van der Waals surface area contributed by atoms with Crippen molar-refractivity contribution in [3.05, 3.63) is 63.6 Å². The first-order valence-electron chi connectivity index (χ1n) is 9.68. The highest BCUT2D eigenvalue weighted by atomic mass is 35.5. The SMILES string of the molecule is CCCC(ON1CCN=C1Nc1c(Cl)cccc1Cl)N1C(=O)c2ccccc2C1=O. The molecule has 4 rings (SSSR count). The molecule has 0 aromatic heterocycles. The zero-order valence-corrected chi connectivity index (χ0v) is 17.8. The van der Waals surface area contributed by atoms with Crippen molar-refractivity contribution in [3.63, 3.8) is 0 Å². The molecular weight excluding hydrogens is 427 g/mol. The molecular formula is C21H20Cl2N4O3. The van der Waals surface area contributed by atoms with Gasteiger partial charge in [0.25, 0.3) is 11.8 Å². The van der Waals surface area contributed by atoms with E-state index >= 15 is 0 Å². The third-order valence-electron chi connectivity index (χ3n) is 4.90. The largest absolute Gasteiger partial charge is 0.322 e. The van der Waals surface area contributed by atoms with E-state index in [0.29, 0.717) is 52.3 Å². The number of hydrogen-bond donors (Lipinski definition) is 1. The summed E-state index contributed by atoms with van der Waals surface area (Å²) >= 11 is 12.5. The van der Waals surface area contributed by atoms with Gasteiger partial charge < -0.3 is 5.32 Å². The topological polar surface area (TPSA) is 74.2 Å². The predicted octanol–water partition coefficient (Wildman–Crippen LogP) is 4.43. The lowest BCUT2D eigenvalue weighted by Gasteiger charge is -2.31. The summed E-state index contributed by atoms with van der Waals surface area (Å²) in [4.78, 5) is 37.5. The molecule has 1 unspecified atom stereocenters. The van der Waals surface area contributed by atoms with E-state index in [4.69, 9.17) is 28.0 Å². The third-order valence-corrected chi connectivity index (χ3v) is 5.53. The minimum atomic E-state index is -0.755. The molecule has 1 N–H and O–H groups in total. The van der Waals surface area contributed by atoms with Crippen LogP contribution in [0.4, 0.5) is 5.69 Å². The first kappa shape index (κ1) is 20.7. The number of hydrogen-bond acceptors (Lipinski definition) is 6. The van der Waals surface area contributed by atoms with Gasteiger partial charge in [-0.3, -0.25) is 9.59 Å². The van der Waals surface area contributed by atoms with Crippen LogP contribution in [0.1, 0.15) is 40.5 Å². The van der Waals surface area contributed by atoms with Crippen molar-refractivity contribution in [1.82, 2.24) is 9.96 Å². The number of fused-ring (bicyclic) bond motifs is 1. The van der Waals surface area contributed by atoms with Crippen molar-refractivity contribution in [1.29, 1.82) is 0 Å². The number of nitrogens with one attached hydrogen (secondary N) is 1. The minimum Gasteiger partial charge on any atom is -0.322 e. The van der Waals surface area contributed by atoms with Crippen LogP contribution in [0, 0.1) is 0 Å². The van der Waals surface area contributed by atoms with Crippen LogP contribution in [0.2, 0.25) is 10.0 Å². The number of imide groups is 1. The van der Waals surface area contributed by atoms with E-state index in [0.717, 1.165) is 6.42 Å². The number of rotatable bonds is 6. The van der Waals surface area contributed by atoms with Crippen molar-refractivity contribution >= 4 is 46.7 Å². The van der Waals surface area contributed by atoms with Gasteiger partial charge in [0.2, 0.25) is 5.96 Å². The molecule has 0 saturated carbocycles. The number of anilines is 1. The van der Waals surface area contributed by atoms with Crippen molar-refractivity contribution in [3.8, 4) is 0 Å². The molecule has 0 saturated heterocycles. The van der Waals surface area contributed by atoms with Gasteiger partial charge in [0, 0.05) is 0 Å². The summed E-state index contributed by atoms with van der Waals surface area (Å²) in [5.41, 5.74) is 1.30. The molecule has 0 fully saturated rings. The maximum absolute atomic E-state index is 12.9. The van der Waals surface area contributed by atoms with Gasteiger partial charge in [0.1, 0.15) is 0 Å². The molecule has 0 radical (unpaired) electrons. The monoisotopic (exact) mass is 446 g/mol. The summed E-state index contributed by atoms with van der Waals surface area (Å²) in [5.74, 6) is -0.287. The van der Waals surface area contributed by atoms with Gasteiger partial charge in [-0.1, -0.05) is 54.7 Å². The van der Waals surface area contributed by atoms with Crippen molar-refractivity contribution in [2.24, 2.45) is 4.99 Å². The number of nitrogens with zero attached hydrogens (tertiary/aromatic N) is 3. The normalized spacial score (nSPS) is 16.7. The molecule has 7 nitrogen and oxygen atoms in total. The lowest BCUT2D eigenvalue weighted by Crippen LogP contribution is -2.47. The van der Waals surface area contributed by atoms with Crippen molar-refractivity contribution in [2.75, 3.05) is 18.4 Å². The first-order valence-corrected chi connectivity index (χ1v) is 10.4. The summed E-state index contributed by atoms with van der Waals surface area (Å²) in [7, 11) is 0. The number of hydroxylamine groups is 2. The maximum Gasteiger partial charge on any atom is 0.263 e. The molecule has 0 aliphatic carbocycles. The van der Waals surface area contributed by atoms with Crippen molar-refractivity contribution in [2.45, 2.75) is 26.0 Å². The Labute approximate surface area is 184 Å². The van der Waals surface area contributed by atoms with Crippen LogP contribution >= 0.6 is 23.2 Å². The Kier molecular flexibility index (Phi) is 5.94. The Bertz CT molecular complexity index is 972. The Balaban J connectivity index is 1.54. The van der Waals surface area contributed by atoms with Crippen LogP contribution in [0.15, 0.2) is 47.5 Å². The molecule has 9 heteroatoms. The highest BCUT2D eigenvalue weighted by Gasteiger charge is 2.41. The van der Waals surface area contributed by atoms with Crippen LogP contribution < -0.4 is 5.32 Å². The molecule has 156 valence electrons. The van der Waals surface area contributed by atoms with Crippen LogP contribution in [0.5, 0.6) is 0 Å². The fourth-order valence-corrected chi connectivity index (χ4v) is 3.95. The van der Waals surface area contributed by atoms with Crippen molar-refractivity contribution < 1.29 is 14.4 Å². The number of carbonyl (C=O) groups excluding carboxylic acids is 2. The second-order valence-electron chi connectivity index (χ2n) is 6.90. The summed E-state index contributed by atoms with van der Waals surface area (Å²) in [6, 6.07) is 12.0. The van der Waals surface area contributed by atoms with E-state index in [1.54, 1.807) is 47.5 Å². The van der Waals surface area contributed by atoms with Gasteiger partial charge in [-0.15, -0.1) is 0 Å². The molecule has 0 spiro atoms. The first-order chi connectivity index (χ1) is 14.5. The van der Waals surface area contributed by atoms with Gasteiger partial charge in [-0.05, 0) is 30.7 Å². The lowest BCUT2D eigenvalue weighted by molar-refractivity contribution is -0.176. The Morgan fingerprint density at radius 3 is 2.30 bits per heavy atom. The molecule has 2 heterocycles. The van der Waals surface area contributed by atoms with Crippen LogP contribution in [-0.4, -0.2) is 47.1 Å². The highest BCUT2D eigenvalue weighted by Crippen LogP contribution is 2.31. The van der Waals surface area contributed by atoms with Gasteiger partial charge in [-0.25, -0.2) is 19.8 Å². The number of benzene rings is 2. The Morgan fingerprint density at radius 2 is 1.70 bits per heavy atom. The van der Waals surface area contributed by atoms with Gasteiger partial charge in [0.15, 0.2) is 6.23 Å². The fraction of sp³-hybridized carbons (Fsp3) is 0.286. The summed E-state index contributed by atoms with van der Waals surface area (Å²) in [5, 5.41) is 5.54. The van der Waals surface area contributed by atoms with Crippen LogP contribution in [0.25, 0.3) is 0 Å². The summed E-state index contributed by atoms with van der Waals surface area (Å²) in [6.07, 6.45) is 0.457. The molecule has 0 bridgehead atoms.